The first kappa shape index (κ1) is 11.7. The number of thiocarbonyl (C=S) groups is 1. The predicted molar refractivity (Wildman–Crippen MR) is 66.5 cm³/mol. The summed E-state index contributed by atoms with van der Waals surface area (Å²) in [5, 5.41) is 3.45. The summed E-state index contributed by atoms with van der Waals surface area (Å²) in [4.78, 5) is 4.30. The van der Waals surface area contributed by atoms with Crippen LogP contribution in [0.25, 0.3) is 0 Å². The fourth-order valence-electron chi connectivity index (χ4n) is 1.14. The van der Waals surface area contributed by atoms with Crippen molar-refractivity contribution >= 4 is 17.3 Å². The van der Waals surface area contributed by atoms with Gasteiger partial charge in [0.2, 0.25) is 0 Å². The molecule has 0 amide bonds. The Kier molecular flexibility index (Phi) is 4.77. The Morgan fingerprint density at radius 2 is 2.47 bits per heavy atom. The van der Waals surface area contributed by atoms with Gasteiger partial charge in [0, 0.05) is 19.3 Å². The van der Waals surface area contributed by atoms with Gasteiger partial charge in [-0.15, -0.1) is 6.58 Å². The average molecular weight is 221 g/mol. The van der Waals surface area contributed by atoms with E-state index in [0.717, 1.165) is 12.0 Å². The quantitative estimate of drug-likeness (QED) is 0.618. The lowest BCUT2D eigenvalue weighted by atomic mass is 10.4. The van der Waals surface area contributed by atoms with E-state index in [9.17, 15) is 0 Å². The minimum absolute atomic E-state index is 0.489. The van der Waals surface area contributed by atoms with Gasteiger partial charge >= 0.3 is 0 Å². The van der Waals surface area contributed by atoms with E-state index >= 15 is 0 Å². The second-order valence-electron chi connectivity index (χ2n) is 2.93. The molecule has 0 aliphatic heterocycles. The van der Waals surface area contributed by atoms with Crippen molar-refractivity contribution in [2.45, 2.75) is 13.5 Å². The molecule has 0 aliphatic rings. The van der Waals surface area contributed by atoms with Gasteiger partial charge in [-0.05, 0) is 31.3 Å². The molecule has 1 N–H and O–H groups in total. The smallest absolute Gasteiger partial charge is 0.194 e. The topological polar surface area (TPSA) is 29.3 Å². The summed E-state index contributed by atoms with van der Waals surface area (Å²) >= 11 is 5.07. The third-order valence-electron chi connectivity index (χ3n) is 1.87. The molecule has 1 rings (SSSR count). The van der Waals surface area contributed by atoms with Crippen LogP contribution < -0.4 is 10.8 Å². The highest BCUT2D eigenvalue weighted by atomic mass is 32.1. The third-order valence-corrected chi connectivity index (χ3v) is 2.11. The van der Waals surface area contributed by atoms with Crippen LogP contribution in [-0.2, 0) is 6.54 Å². The van der Waals surface area contributed by atoms with Crippen molar-refractivity contribution in [3.8, 4) is 0 Å². The molecule has 1 heterocycles. The van der Waals surface area contributed by atoms with E-state index in [1.165, 1.54) is 0 Å². The van der Waals surface area contributed by atoms with Crippen molar-refractivity contribution < 1.29 is 0 Å². The molecule has 0 fully saturated rings. The van der Waals surface area contributed by atoms with Crippen molar-refractivity contribution in [3.05, 3.63) is 42.5 Å². The van der Waals surface area contributed by atoms with Crippen molar-refractivity contribution in [2.75, 3.05) is 6.54 Å². The lowest BCUT2D eigenvalue weighted by Gasteiger charge is -2.03. The van der Waals surface area contributed by atoms with Gasteiger partial charge in [0.15, 0.2) is 5.11 Å². The molecule has 0 spiro atoms. The van der Waals surface area contributed by atoms with E-state index in [1.807, 2.05) is 29.0 Å². The number of hydrogen-bond acceptors (Lipinski definition) is 1. The maximum absolute atomic E-state index is 5.07. The largest absolute Gasteiger partial charge is 0.357 e. The van der Waals surface area contributed by atoms with Crippen LogP contribution in [-0.4, -0.2) is 16.2 Å². The molecule has 0 aliphatic carbocycles. The Balaban J connectivity index is 2.88. The van der Waals surface area contributed by atoms with Gasteiger partial charge in [0.05, 0.1) is 0 Å². The zero-order valence-corrected chi connectivity index (χ0v) is 9.63. The minimum Gasteiger partial charge on any atom is -0.357 e. The number of hydrogen-bond donors (Lipinski definition) is 1. The SMILES string of the molecule is C=CCNC(=S)/N=c1\ccccn1CC. The van der Waals surface area contributed by atoms with E-state index in [4.69, 9.17) is 12.2 Å². The summed E-state index contributed by atoms with van der Waals surface area (Å²) in [5.41, 5.74) is 0.863. The van der Waals surface area contributed by atoms with E-state index in [-0.39, 0.29) is 0 Å². The summed E-state index contributed by atoms with van der Waals surface area (Å²) in [6.07, 6.45) is 3.73. The lowest BCUT2D eigenvalue weighted by molar-refractivity contribution is 0.714. The highest BCUT2D eigenvalue weighted by molar-refractivity contribution is 7.80. The van der Waals surface area contributed by atoms with Gasteiger partial charge in [-0.3, -0.25) is 0 Å². The summed E-state index contributed by atoms with van der Waals surface area (Å²) < 4.78 is 2.03. The molecule has 80 valence electrons. The van der Waals surface area contributed by atoms with Crippen LogP contribution >= 0.6 is 12.2 Å². The highest BCUT2D eigenvalue weighted by Gasteiger charge is 1.91. The Labute approximate surface area is 95.2 Å². The predicted octanol–water partition coefficient (Wildman–Crippen LogP) is 1.47. The van der Waals surface area contributed by atoms with Gasteiger partial charge in [-0.2, -0.15) is 0 Å². The monoisotopic (exact) mass is 221 g/mol. The molecular weight excluding hydrogens is 206 g/mol. The summed E-state index contributed by atoms with van der Waals surface area (Å²) in [6, 6.07) is 5.86. The van der Waals surface area contributed by atoms with Crippen LogP contribution in [0.15, 0.2) is 42.0 Å². The summed E-state index contributed by atoms with van der Waals surface area (Å²) in [5.74, 6) is 0. The minimum atomic E-state index is 0.489. The third kappa shape index (κ3) is 3.67. The number of nitrogens with one attached hydrogen (secondary N) is 1. The summed E-state index contributed by atoms with van der Waals surface area (Å²) in [6.45, 7) is 7.19. The fourth-order valence-corrected chi connectivity index (χ4v) is 1.32. The molecule has 0 saturated heterocycles. The molecule has 0 saturated carbocycles. The van der Waals surface area contributed by atoms with Gasteiger partial charge in [-0.1, -0.05) is 12.1 Å². The van der Waals surface area contributed by atoms with E-state index in [0.29, 0.717) is 11.7 Å². The second kappa shape index (κ2) is 6.14. The Morgan fingerprint density at radius 1 is 1.67 bits per heavy atom. The first-order valence-corrected chi connectivity index (χ1v) is 5.27. The molecule has 3 nitrogen and oxygen atoms in total. The second-order valence-corrected chi connectivity index (χ2v) is 3.32. The number of rotatable bonds is 3. The number of aryl methyl sites for hydroxylation is 1. The van der Waals surface area contributed by atoms with E-state index in [1.54, 1.807) is 6.08 Å². The van der Waals surface area contributed by atoms with Gasteiger partial charge in [-0.25, -0.2) is 4.99 Å². The van der Waals surface area contributed by atoms with Crippen LogP contribution in [0.3, 0.4) is 0 Å². The van der Waals surface area contributed by atoms with Crippen LogP contribution in [0, 0.1) is 0 Å². The molecule has 0 unspecified atom stereocenters. The molecular formula is C11H15N3S. The molecule has 1 aromatic heterocycles. The molecule has 0 radical (unpaired) electrons. The van der Waals surface area contributed by atoms with E-state index in [2.05, 4.69) is 23.8 Å². The number of nitrogens with zero attached hydrogens (tertiary/aromatic N) is 2. The normalized spacial score (nSPS) is 11.1. The molecule has 4 heteroatoms. The molecule has 1 aromatic rings. The van der Waals surface area contributed by atoms with Crippen molar-refractivity contribution in [1.82, 2.24) is 9.88 Å². The van der Waals surface area contributed by atoms with Crippen LogP contribution in [0.5, 0.6) is 0 Å². The molecule has 0 bridgehead atoms. The molecule has 0 aromatic carbocycles. The Bertz CT molecular complexity index is 406. The van der Waals surface area contributed by atoms with Crippen molar-refractivity contribution in [1.29, 1.82) is 0 Å². The van der Waals surface area contributed by atoms with Gasteiger partial charge in [0.1, 0.15) is 5.49 Å². The molecule has 0 atom stereocenters. The van der Waals surface area contributed by atoms with E-state index < -0.39 is 0 Å². The first-order chi connectivity index (χ1) is 7.27. The van der Waals surface area contributed by atoms with Crippen LogP contribution in [0.4, 0.5) is 0 Å². The fraction of sp³-hybridized carbons (Fsp3) is 0.273. The van der Waals surface area contributed by atoms with Gasteiger partial charge in [0.25, 0.3) is 0 Å². The number of pyridine rings is 1. The Hall–Kier alpha value is -1.42. The van der Waals surface area contributed by atoms with Crippen molar-refractivity contribution in [3.63, 3.8) is 0 Å². The Morgan fingerprint density at radius 3 is 3.13 bits per heavy atom. The maximum atomic E-state index is 5.07. The van der Waals surface area contributed by atoms with Gasteiger partial charge < -0.3 is 9.88 Å². The first-order valence-electron chi connectivity index (χ1n) is 4.87. The van der Waals surface area contributed by atoms with Crippen LogP contribution in [0.2, 0.25) is 0 Å². The van der Waals surface area contributed by atoms with Crippen molar-refractivity contribution in [2.24, 2.45) is 4.99 Å². The molecule has 15 heavy (non-hydrogen) atoms. The zero-order valence-electron chi connectivity index (χ0n) is 8.81. The zero-order chi connectivity index (χ0) is 11.1. The standard InChI is InChI=1S/C11H15N3S/c1-3-8-12-11(15)13-10-7-5-6-9-14(10)4-2/h3,5-7,9H,1,4,8H2,2H3,(H,12,15)/b13-10+. The number of aromatic nitrogens is 1. The average Bonchev–Trinajstić information content (AvgIpc) is 2.27. The lowest BCUT2D eigenvalue weighted by Crippen LogP contribution is -2.26. The highest BCUT2D eigenvalue weighted by Crippen LogP contribution is 1.82. The van der Waals surface area contributed by atoms with Crippen LogP contribution in [0.1, 0.15) is 6.92 Å². The maximum Gasteiger partial charge on any atom is 0.194 e. The summed E-state index contributed by atoms with van der Waals surface area (Å²) in [7, 11) is 0.